The Morgan fingerprint density at radius 2 is 1.92 bits per heavy atom. The molecule has 0 saturated carbocycles. The van der Waals surface area contributed by atoms with Crippen molar-refractivity contribution in [1.82, 2.24) is 0 Å². The van der Waals surface area contributed by atoms with E-state index >= 15 is 0 Å². The second kappa shape index (κ2) is 5.52. The van der Waals surface area contributed by atoms with Crippen LogP contribution in [0.3, 0.4) is 0 Å². The fourth-order valence-corrected chi connectivity index (χ4v) is 0.662. The number of ether oxygens (including phenoxy) is 1. The quantitative estimate of drug-likeness (QED) is 0.463. The number of Topliss-reactive ketones (excluding diaryl/α,β-unsaturated/α-hetero) is 1. The van der Waals surface area contributed by atoms with Crippen LogP contribution in [0.2, 0.25) is 0 Å². The van der Waals surface area contributed by atoms with Gasteiger partial charge in [0.2, 0.25) is 0 Å². The van der Waals surface area contributed by atoms with Crippen LogP contribution >= 0.6 is 0 Å². The molecule has 0 saturated heterocycles. The Hall–Kier alpha value is -1.12. The Kier molecular flexibility index (Phi) is 5.00. The monoisotopic (exact) mass is 170 g/mol. The minimum absolute atomic E-state index is 0.0560. The molecule has 0 fully saturated rings. The number of hydrogen-bond acceptors (Lipinski definition) is 3. The molecule has 0 bridgehead atoms. The second-order valence-electron chi connectivity index (χ2n) is 2.53. The molecule has 0 aliphatic rings. The fraction of sp³-hybridized carbons (Fsp3) is 0.556. The lowest BCUT2D eigenvalue weighted by Crippen LogP contribution is -2.07. The summed E-state index contributed by atoms with van der Waals surface area (Å²) in [5.74, 6) is -0.348. The maximum Gasteiger partial charge on any atom is 0.333 e. The highest BCUT2D eigenvalue weighted by Gasteiger charge is 2.07. The summed E-state index contributed by atoms with van der Waals surface area (Å²) in [4.78, 5) is 21.5. The predicted molar refractivity (Wildman–Crippen MR) is 45.7 cm³/mol. The zero-order valence-electron chi connectivity index (χ0n) is 7.55. The molecular weight excluding hydrogens is 156 g/mol. The normalized spacial score (nSPS) is 9.17. The van der Waals surface area contributed by atoms with Crippen molar-refractivity contribution in [3.63, 3.8) is 0 Å². The topological polar surface area (TPSA) is 43.4 Å². The fourth-order valence-electron chi connectivity index (χ4n) is 0.662. The molecule has 68 valence electrons. The maximum absolute atomic E-state index is 10.9. The van der Waals surface area contributed by atoms with Gasteiger partial charge in [-0.2, -0.15) is 0 Å². The Bertz CT molecular complexity index is 194. The highest BCUT2D eigenvalue weighted by Crippen LogP contribution is 2.04. The van der Waals surface area contributed by atoms with Crippen LogP contribution in [-0.2, 0) is 14.3 Å². The average molecular weight is 170 g/mol. The Balaban J connectivity index is 3.72. The van der Waals surface area contributed by atoms with E-state index in [9.17, 15) is 9.59 Å². The van der Waals surface area contributed by atoms with Crippen molar-refractivity contribution in [1.29, 1.82) is 0 Å². The third-order valence-electron chi connectivity index (χ3n) is 1.34. The van der Waals surface area contributed by atoms with Gasteiger partial charge < -0.3 is 9.53 Å². The first kappa shape index (κ1) is 10.9. The van der Waals surface area contributed by atoms with Crippen molar-refractivity contribution in [2.75, 3.05) is 6.61 Å². The van der Waals surface area contributed by atoms with Crippen LogP contribution in [0.25, 0.3) is 0 Å². The average Bonchev–Trinajstić information content (AvgIpc) is 2.00. The lowest BCUT2D eigenvalue weighted by atomic mass is 10.1. The standard InChI is InChI=1S/C9H14O3/c1-4-12-9(11)7(2)5-6-8(3)10/h2,4-6H2,1,3H3. The second-order valence-corrected chi connectivity index (χ2v) is 2.53. The first-order chi connectivity index (χ1) is 5.57. The van der Waals surface area contributed by atoms with Crippen molar-refractivity contribution in [2.45, 2.75) is 26.7 Å². The minimum atomic E-state index is -0.404. The van der Waals surface area contributed by atoms with Crippen molar-refractivity contribution < 1.29 is 14.3 Å². The van der Waals surface area contributed by atoms with E-state index in [0.717, 1.165) is 0 Å². The Morgan fingerprint density at radius 3 is 2.33 bits per heavy atom. The van der Waals surface area contributed by atoms with Gasteiger partial charge in [0.15, 0.2) is 0 Å². The first-order valence-electron chi connectivity index (χ1n) is 3.92. The van der Waals surface area contributed by atoms with Gasteiger partial charge in [-0.25, -0.2) is 4.79 Å². The molecule has 0 radical (unpaired) electrons. The van der Waals surface area contributed by atoms with E-state index in [2.05, 4.69) is 11.3 Å². The molecule has 0 unspecified atom stereocenters. The molecule has 0 aromatic carbocycles. The molecule has 0 rings (SSSR count). The van der Waals surface area contributed by atoms with Crippen LogP contribution < -0.4 is 0 Å². The van der Waals surface area contributed by atoms with Crippen molar-refractivity contribution >= 4 is 11.8 Å². The number of carbonyl (C=O) groups excluding carboxylic acids is 2. The van der Waals surface area contributed by atoms with Gasteiger partial charge in [-0.1, -0.05) is 6.58 Å². The summed E-state index contributed by atoms with van der Waals surface area (Å²) in [7, 11) is 0. The Labute approximate surface area is 72.4 Å². The van der Waals surface area contributed by atoms with Gasteiger partial charge in [0.1, 0.15) is 5.78 Å². The number of hydrogen-bond donors (Lipinski definition) is 0. The van der Waals surface area contributed by atoms with Crippen molar-refractivity contribution in [2.24, 2.45) is 0 Å². The largest absolute Gasteiger partial charge is 0.463 e. The van der Waals surface area contributed by atoms with Crippen LogP contribution in [0.4, 0.5) is 0 Å². The van der Waals surface area contributed by atoms with Crippen LogP contribution in [-0.4, -0.2) is 18.4 Å². The van der Waals surface area contributed by atoms with Crippen molar-refractivity contribution in [3.05, 3.63) is 12.2 Å². The van der Waals surface area contributed by atoms with Gasteiger partial charge in [0, 0.05) is 12.0 Å². The van der Waals surface area contributed by atoms with Gasteiger partial charge in [-0.15, -0.1) is 0 Å². The highest BCUT2D eigenvalue weighted by atomic mass is 16.5. The first-order valence-corrected chi connectivity index (χ1v) is 3.92. The third-order valence-corrected chi connectivity index (χ3v) is 1.34. The maximum atomic E-state index is 10.9. The summed E-state index contributed by atoms with van der Waals surface area (Å²) >= 11 is 0. The summed E-state index contributed by atoms with van der Waals surface area (Å²) in [6, 6.07) is 0. The number of esters is 1. The summed E-state index contributed by atoms with van der Waals surface area (Å²) in [5.41, 5.74) is 0.368. The minimum Gasteiger partial charge on any atom is -0.463 e. The van der Waals surface area contributed by atoms with Gasteiger partial charge in [-0.3, -0.25) is 0 Å². The molecule has 0 aliphatic heterocycles. The lowest BCUT2D eigenvalue weighted by molar-refractivity contribution is -0.138. The van der Waals surface area contributed by atoms with Crippen LogP contribution in [0.1, 0.15) is 26.7 Å². The zero-order valence-corrected chi connectivity index (χ0v) is 7.55. The molecule has 0 aromatic rings. The number of ketones is 1. The number of carbonyl (C=O) groups is 2. The zero-order chi connectivity index (χ0) is 9.56. The highest BCUT2D eigenvalue weighted by molar-refractivity contribution is 5.88. The van der Waals surface area contributed by atoms with E-state index in [1.165, 1.54) is 6.92 Å². The summed E-state index contributed by atoms with van der Waals surface area (Å²) in [6.07, 6.45) is 0.756. The molecule has 3 nitrogen and oxygen atoms in total. The van der Waals surface area contributed by atoms with Crippen LogP contribution in [0, 0.1) is 0 Å². The molecular formula is C9H14O3. The summed E-state index contributed by atoms with van der Waals surface area (Å²) in [6.45, 7) is 7.08. The van der Waals surface area contributed by atoms with E-state index in [-0.39, 0.29) is 5.78 Å². The molecule has 0 spiro atoms. The SMILES string of the molecule is C=C(CCC(C)=O)C(=O)OCC. The summed E-state index contributed by atoms with van der Waals surface area (Å²) in [5, 5.41) is 0. The molecule has 0 atom stereocenters. The molecule has 12 heavy (non-hydrogen) atoms. The van der Waals surface area contributed by atoms with E-state index in [1.54, 1.807) is 6.92 Å². The van der Waals surface area contributed by atoms with Gasteiger partial charge >= 0.3 is 5.97 Å². The van der Waals surface area contributed by atoms with Gasteiger partial charge in [-0.05, 0) is 20.3 Å². The van der Waals surface area contributed by atoms with E-state index < -0.39 is 5.97 Å². The molecule has 0 aromatic heterocycles. The third kappa shape index (κ3) is 4.66. The van der Waals surface area contributed by atoms with Crippen LogP contribution in [0.5, 0.6) is 0 Å². The van der Waals surface area contributed by atoms with E-state index in [0.29, 0.717) is 25.0 Å². The van der Waals surface area contributed by atoms with E-state index in [4.69, 9.17) is 0 Å². The van der Waals surface area contributed by atoms with Gasteiger partial charge in [0.25, 0.3) is 0 Å². The number of rotatable bonds is 5. The molecule has 0 heterocycles. The van der Waals surface area contributed by atoms with Crippen molar-refractivity contribution in [3.8, 4) is 0 Å². The molecule has 0 aliphatic carbocycles. The predicted octanol–water partition coefficient (Wildman–Crippen LogP) is 1.47. The van der Waals surface area contributed by atoms with E-state index in [1.807, 2.05) is 0 Å². The smallest absolute Gasteiger partial charge is 0.333 e. The molecule has 0 amide bonds. The molecule has 0 N–H and O–H groups in total. The molecule has 3 heteroatoms. The van der Waals surface area contributed by atoms with Crippen LogP contribution in [0.15, 0.2) is 12.2 Å². The Morgan fingerprint density at radius 1 is 1.33 bits per heavy atom. The summed E-state index contributed by atoms with van der Waals surface area (Å²) < 4.78 is 4.69. The van der Waals surface area contributed by atoms with Gasteiger partial charge in [0.05, 0.1) is 6.61 Å². The lowest BCUT2D eigenvalue weighted by Gasteiger charge is -2.02.